The number of rotatable bonds is 3. The summed E-state index contributed by atoms with van der Waals surface area (Å²) in [4.78, 5) is 1.32. The highest BCUT2D eigenvalue weighted by atomic mass is 32.1. The molecule has 0 heterocycles. The van der Waals surface area contributed by atoms with E-state index in [0.29, 0.717) is 11.8 Å². The molecule has 86 valence electrons. The van der Waals surface area contributed by atoms with Gasteiger partial charge in [0.25, 0.3) is 0 Å². The van der Waals surface area contributed by atoms with Gasteiger partial charge >= 0.3 is 0 Å². The van der Waals surface area contributed by atoms with Gasteiger partial charge in [0.1, 0.15) is 0 Å². The third-order valence-electron chi connectivity index (χ3n) is 4.06. The molecular weight excluding hydrogens is 212 g/mol. The quantitative estimate of drug-likeness (QED) is 0.687. The summed E-state index contributed by atoms with van der Waals surface area (Å²) in [5.41, 5.74) is 1.47. The summed E-state index contributed by atoms with van der Waals surface area (Å²) in [7, 11) is 0. The molecule has 0 aromatic heterocycles. The number of thiocarbonyl (C=S) groups is 1. The fourth-order valence-electron chi connectivity index (χ4n) is 3.07. The molecule has 0 bridgehead atoms. The third kappa shape index (κ3) is 2.20. The van der Waals surface area contributed by atoms with Gasteiger partial charge < -0.3 is 0 Å². The molecule has 1 aromatic carbocycles. The van der Waals surface area contributed by atoms with Crippen LogP contribution in [0.5, 0.6) is 0 Å². The van der Waals surface area contributed by atoms with Crippen molar-refractivity contribution in [1.29, 1.82) is 0 Å². The van der Waals surface area contributed by atoms with Crippen LogP contribution in [-0.2, 0) is 0 Å². The lowest BCUT2D eigenvalue weighted by Gasteiger charge is -2.25. The van der Waals surface area contributed by atoms with E-state index in [1.54, 1.807) is 0 Å². The highest BCUT2D eigenvalue weighted by molar-refractivity contribution is 7.80. The molecular formula is C15H20S. The van der Waals surface area contributed by atoms with Crippen LogP contribution in [0.2, 0.25) is 0 Å². The van der Waals surface area contributed by atoms with Gasteiger partial charge in [-0.25, -0.2) is 0 Å². The normalized spacial score (nSPS) is 27.0. The first-order valence-corrected chi connectivity index (χ1v) is 6.72. The summed E-state index contributed by atoms with van der Waals surface area (Å²) in [5.74, 6) is 2.08. The zero-order valence-corrected chi connectivity index (χ0v) is 11.0. The van der Waals surface area contributed by atoms with Gasteiger partial charge in [-0.2, -0.15) is 0 Å². The van der Waals surface area contributed by atoms with Crippen molar-refractivity contribution in [3.63, 3.8) is 0 Å². The average molecular weight is 232 g/mol. The summed E-state index contributed by atoms with van der Waals surface area (Å²) in [5, 5.41) is 0. The molecule has 0 N–H and O–H groups in total. The summed E-state index contributed by atoms with van der Waals surface area (Å²) in [6, 6.07) is 10.9. The molecule has 0 amide bonds. The minimum atomic E-state index is 0.645. The maximum Gasteiger partial charge on any atom is -0.00376 e. The second-order valence-corrected chi connectivity index (χ2v) is 5.41. The summed E-state index contributed by atoms with van der Waals surface area (Å²) in [6.07, 6.45) is 3.66. The van der Waals surface area contributed by atoms with Crippen molar-refractivity contribution in [2.45, 2.75) is 39.0 Å². The predicted molar refractivity (Wildman–Crippen MR) is 74.0 cm³/mol. The van der Waals surface area contributed by atoms with Crippen LogP contribution >= 0.6 is 12.2 Å². The molecule has 1 aromatic rings. The van der Waals surface area contributed by atoms with Gasteiger partial charge in [-0.3, -0.25) is 0 Å². The van der Waals surface area contributed by atoms with E-state index in [1.165, 1.54) is 23.3 Å². The fraction of sp³-hybridized carbons (Fsp3) is 0.533. The van der Waals surface area contributed by atoms with E-state index in [-0.39, 0.29) is 0 Å². The first kappa shape index (κ1) is 11.8. The molecule has 3 unspecified atom stereocenters. The highest BCUT2D eigenvalue weighted by Crippen LogP contribution is 2.41. The minimum absolute atomic E-state index is 0.645. The van der Waals surface area contributed by atoms with Gasteiger partial charge in [-0.1, -0.05) is 56.4 Å². The largest absolute Gasteiger partial charge is 0.0894 e. The van der Waals surface area contributed by atoms with Crippen LogP contribution in [0.15, 0.2) is 30.3 Å². The van der Waals surface area contributed by atoms with Gasteiger partial charge in [0.15, 0.2) is 0 Å². The van der Waals surface area contributed by atoms with E-state index in [9.17, 15) is 0 Å². The van der Waals surface area contributed by atoms with Crippen molar-refractivity contribution in [2.75, 3.05) is 0 Å². The van der Waals surface area contributed by atoms with Crippen LogP contribution in [0.4, 0.5) is 0 Å². The summed E-state index contributed by atoms with van der Waals surface area (Å²) >= 11 is 5.49. The van der Waals surface area contributed by atoms with Gasteiger partial charge in [0.2, 0.25) is 0 Å². The maximum absolute atomic E-state index is 5.49. The number of benzene rings is 1. The molecule has 0 saturated heterocycles. The van der Waals surface area contributed by atoms with Crippen molar-refractivity contribution in [2.24, 2.45) is 11.8 Å². The number of hydrogen-bond acceptors (Lipinski definition) is 1. The smallest absolute Gasteiger partial charge is 0.00376 e. The van der Waals surface area contributed by atoms with Crippen LogP contribution in [0.25, 0.3) is 0 Å². The Morgan fingerprint density at radius 3 is 2.62 bits per heavy atom. The second-order valence-electron chi connectivity index (χ2n) is 4.88. The summed E-state index contributed by atoms with van der Waals surface area (Å²) < 4.78 is 0. The molecule has 3 atom stereocenters. The zero-order chi connectivity index (χ0) is 11.5. The first-order valence-electron chi connectivity index (χ1n) is 6.31. The molecule has 0 nitrogen and oxygen atoms in total. The van der Waals surface area contributed by atoms with Gasteiger partial charge in [0, 0.05) is 0 Å². The molecule has 1 fully saturated rings. The lowest BCUT2D eigenvalue weighted by atomic mass is 9.80. The lowest BCUT2D eigenvalue weighted by Crippen LogP contribution is -2.18. The van der Waals surface area contributed by atoms with Crippen LogP contribution in [-0.4, -0.2) is 4.86 Å². The Balaban J connectivity index is 2.16. The van der Waals surface area contributed by atoms with E-state index in [1.807, 2.05) is 0 Å². The van der Waals surface area contributed by atoms with E-state index in [0.717, 1.165) is 12.3 Å². The first-order chi connectivity index (χ1) is 7.74. The monoisotopic (exact) mass is 232 g/mol. The number of hydrogen-bond donors (Lipinski definition) is 0. The zero-order valence-electron chi connectivity index (χ0n) is 10.1. The van der Waals surface area contributed by atoms with Gasteiger partial charge in [-0.05, 0) is 47.4 Å². The van der Waals surface area contributed by atoms with Gasteiger partial charge in [0.05, 0.1) is 0 Å². The Bertz CT molecular complexity index is 355. The van der Waals surface area contributed by atoms with Crippen molar-refractivity contribution in [3.8, 4) is 0 Å². The van der Waals surface area contributed by atoms with Gasteiger partial charge in [-0.15, -0.1) is 0 Å². The fourth-order valence-corrected chi connectivity index (χ4v) is 3.53. The predicted octanol–water partition coefficient (Wildman–Crippen LogP) is 4.60. The lowest BCUT2D eigenvalue weighted by molar-refractivity contribution is 0.370. The average Bonchev–Trinajstić information content (AvgIpc) is 2.70. The Hall–Kier alpha value is -0.690. The maximum atomic E-state index is 5.49. The Kier molecular flexibility index (Phi) is 3.75. The van der Waals surface area contributed by atoms with Crippen LogP contribution < -0.4 is 0 Å². The molecule has 16 heavy (non-hydrogen) atoms. The molecule has 2 rings (SSSR count). The Morgan fingerprint density at radius 2 is 2.00 bits per heavy atom. The van der Waals surface area contributed by atoms with E-state index in [2.05, 4.69) is 44.2 Å². The third-order valence-corrected chi connectivity index (χ3v) is 4.57. The Morgan fingerprint density at radius 1 is 1.31 bits per heavy atom. The summed E-state index contributed by atoms with van der Waals surface area (Å²) in [6.45, 7) is 4.63. The van der Waals surface area contributed by atoms with E-state index < -0.39 is 0 Å². The molecule has 0 spiro atoms. The van der Waals surface area contributed by atoms with Crippen molar-refractivity contribution >= 4 is 17.1 Å². The topological polar surface area (TPSA) is 0 Å². The van der Waals surface area contributed by atoms with Crippen molar-refractivity contribution in [3.05, 3.63) is 35.9 Å². The molecule has 1 aliphatic rings. The standard InChI is InChI=1S/C15H20S/c1-3-13-14(9-10-15(13)16)11(2)12-7-5-4-6-8-12/h4-8,11,13-14H,3,9-10H2,1-2H3. The molecule has 1 aliphatic carbocycles. The van der Waals surface area contributed by atoms with E-state index >= 15 is 0 Å². The van der Waals surface area contributed by atoms with E-state index in [4.69, 9.17) is 12.2 Å². The molecule has 1 heteroatoms. The van der Waals surface area contributed by atoms with Crippen LogP contribution in [0.1, 0.15) is 44.6 Å². The van der Waals surface area contributed by atoms with Crippen LogP contribution in [0.3, 0.4) is 0 Å². The molecule has 0 aliphatic heterocycles. The van der Waals surface area contributed by atoms with Crippen molar-refractivity contribution < 1.29 is 0 Å². The Labute approximate surface area is 104 Å². The highest BCUT2D eigenvalue weighted by Gasteiger charge is 2.34. The molecule has 1 saturated carbocycles. The van der Waals surface area contributed by atoms with Crippen LogP contribution in [0, 0.1) is 11.8 Å². The van der Waals surface area contributed by atoms with Crippen molar-refractivity contribution in [1.82, 2.24) is 0 Å². The molecule has 0 radical (unpaired) electrons. The second kappa shape index (κ2) is 5.09. The SMILES string of the molecule is CCC1C(=S)CCC1C(C)c1ccccc1. The minimum Gasteiger partial charge on any atom is -0.0894 e.